The zero-order valence-electron chi connectivity index (χ0n) is 11.3. The van der Waals surface area contributed by atoms with E-state index in [1.54, 1.807) is 12.3 Å². The number of hydrogen-bond donors (Lipinski definition) is 1. The second-order valence-electron chi connectivity index (χ2n) is 4.77. The minimum atomic E-state index is -0.0237. The fraction of sp³-hybridized carbons (Fsp3) is 0.571. The molecule has 0 fully saturated rings. The van der Waals surface area contributed by atoms with Crippen molar-refractivity contribution in [1.29, 1.82) is 0 Å². The van der Waals surface area contributed by atoms with Gasteiger partial charge in [-0.2, -0.15) is 0 Å². The first kappa shape index (κ1) is 12.9. The quantitative estimate of drug-likeness (QED) is 0.883. The Bertz CT molecular complexity index is 566. The third kappa shape index (κ3) is 2.19. The minimum absolute atomic E-state index is 0.0237. The lowest BCUT2D eigenvalue weighted by Gasteiger charge is -2.23. The summed E-state index contributed by atoms with van der Waals surface area (Å²) in [4.78, 5) is 16.6. The normalized spacial score (nSPS) is 13.3. The van der Waals surface area contributed by atoms with Crippen molar-refractivity contribution in [3.8, 4) is 0 Å². The Balaban J connectivity index is 2.47. The Kier molecular flexibility index (Phi) is 3.84. The van der Waals surface area contributed by atoms with E-state index in [2.05, 4.69) is 30.9 Å². The average molecular weight is 247 g/mol. The molecule has 4 heteroatoms. The van der Waals surface area contributed by atoms with Crippen LogP contribution in [0.2, 0.25) is 0 Å². The van der Waals surface area contributed by atoms with Gasteiger partial charge in [-0.05, 0) is 12.3 Å². The van der Waals surface area contributed by atoms with Crippen molar-refractivity contribution in [3.05, 3.63) is 34.4 Å². The zero-order valence-corrected chi connectivity index (χ0v) is 11.3. The van der Waals surface area contributed by atoms with Gasteiger partial charge in [0, 0.05) is 24.2 Å². The molecule has 2 aromatic heterocycles. The second-order valence-corrected chi connectivity index (χ2v) is 4.77. The van der Waals surface area contributed by atoms with Crippen LogP contribution in [-0.4, -0.2) is 14.6 Å². The summed E-state index contributed by atoms with van der Waals surface area (Å²) in [6, 6.07) is 3.51. The molecule has 2 aromatic rings. The highest BCUT2D eigenvalue weighted by Gasteiger charge is 2.21. The molecule has 0 radical (unpaired) electrons. The SMILES string of the molecule is CCC(CC)C(CC)c1cc(=O)n2[nH]ccc2n1. The smallest absolute Gasteiger partial charge is 0.272 e. The van der Waals surface area contributed by atoms with E-state index in [9.17, 15) is 4.79 Å². The van der Waals surface area contributed by atoms with Crippen LogP contribution in [0.1, 0.15) is 51.6 Å². The molecule has 0 aliphatic carbocycles. The number of rotatable bonds is 5. The Hall–Kier alpha value is -1.58. The number of H-pyrrole nitrogens is 1. The van der Waals surface area contributed by atoms with Gasteiger partial charge >= 0.3 is 0 Å². The molecule has 1 N–H and O–H groups in total. The molecule has 0 saturated carbocycles. The summed E-state index contributed by atoms with van der Waals surface area (Å²) < 4.78 is 1.48. The summed E-state index contributed by atoms with van der Waals surface area (Å²) in [5.41, 5.74) is 1.63. The average Bonchev–Trinajstić information content (AvgIpc) is 2.84. The molecule has 1 unspecified atom stereocenters. The van der Waals surface area contributed by atoms with Gasteiger partial charge in [0.05, 0.1) is 5.69 Å². The van der Waals surface area contributed by atoms with Crippen LogP contribution in [-0.2, 0) is 0 Å². The highest BCUT2D eigenvalue weighted by Crippen LogP contribution is 2.30. The van der Waals surface area contributed by atoms with Crippen molar-refractivity contribution in [2.45, 2.75) is 46.0 Å². The summed E-state index contributed by atoms with van der Waals surface area (Å²) >= 11 is 0. The zero-order chi connectivity index (χ0) is 13.1. The number of aromatic amines is 1. The van der Waals surface area contributed by atoms with Crippen molar-refractivity contribution in [3.63, 3.8) is 0 Å². The fourth-order valence-corrected chi connectivity index (χ4v) is 2.78. The third-order valence-electron chi connectivity index (χ3n) is 3.84. The topological polar surface area (TPSA) is 50.2 Å². The summed E-state index contributed by atoms with van der Waals surface area (Å²) in [7, 11) is 0. The van der Waals surface area contributed by atoms with E-state index in [1.165, 1.54) is 4.52 Å². The van der Waals surface area contributed by atoms with Gasteiger partial charge in [0.1, 0.15) is 0 Å². The second kappa shape index (κ2) is 5.38. The Morgan fingerprint density at radius 2 is 2.00 bits per heavy atom. The van der Waals surface area contributed by atoms with Crippen LogP contribution in [0.25, 0.3) is 5.65 Å². The van der Waals surface area contributed by atoms with E-state index in [1.807, 2.05) is 6.07 Å². The van der Waals surface area contributed by atoms with Crippen LogP contribution in [0.3, 0.4) is 0 Å². The van der Waals surface area contributed by atoms with E-state index >= 15 is 0 Å². The van der Waals surface area contributed by atoms with E-state index in [4.69, 9.17) is 0 Å². The predicted octanol–water partition coefficient (Wildman–Crippen LogP) is 2.95. The van der Waals surface area contributed by atoms with Crippen LogP contribution < -0.4 is 5.56 Å². The van der Waals surface area contributed by atoms with Crippen molar-refractivity contribution < 1.29 is 0 Å². The van der Waals surface area contributed by atoms with Crippen molar-refractivity contribution in [2.75, 3.05) is 0 Å². The van der Waals surface area contributed by atoms with Gasteiger partial charge in [-0.3, -0.25) is 9.89 Å². The van der Waals surface area contributed by atoms with Crippen molar-refractivity contribution in [2.24, 2.45) is 5.92 Å². The molecule has 4 nitrogen and oxygen atoms in total. The Morgan fingerprint density at radius 3 is 2.61 bits per heavy atom. The van der Waals surface area contributed by atoms with Crippen LogP contribution in [0.4, 0.5) is 0 Å². The lowest BCUT2D eigenvalue weighted by atomic mass is 9.83. The first-order valence-electron chi connectivity index (χ1n) is 6.78. The number of nitrogens with zero attached hydrogens (tertiary/aromatic N) is 2. The van der Waals surface area contributed by atoms with E-state index in [0.717, 1.165) is 25.0 Å². The van der Waals surface area contributed by atoms with Gasteiger partial charge in [0.25, 0.3) is 5.56 Å². The van der Waals surface area contributed by atoms with Crippen LogP contribution >= 0.6 is 0 Å². The summed E-state index contributed by atoms with van der Waals surface area (Å²) in [5, 5.41) is 2.87. The van der Waals surface area contributed by atoms with Gasteiger partial charge in [0.15, 0.2) is 5.65 Å². The molecule has 0 amide bonds. The highest BCUT2D eigenvalue weighted by atomic mass is 16.1. The number of aromatic nitrogens is 3. The lowest BCUT2D eigenvalue weighted by Crippen LogP contribution is -2.20. The lowest BCUT2D eigenvalue weighted by molar-refractivity contribution is 0.381. The van der Waals surface area contributed by atoms with Gasteiger partial charge in [-0.25, -0.2) is 9.50 Å². The number of fused-ring (bicyclic) bond motifs is 1. The maximum Gasteiger partial charge on any atom is 0.272 e. The Morgan fingerprint density at radius 1 is 1.28 bits per heavy atom. The minimum Gasteiger partial charge on any atom is -0.297 e. The summed E-state index contributed by atoms with van der Waals surface area (Å²) in [5.74, 6) is 0.982. The monoisotopic (exact) mass is 247 g/mol. The van der Waals surface area contributed by atoms with Crippen LogP contribution in [0.5, 0.6) is 0 Å². The molecule has 98 valence electrons. The molecule has 1 atom stereocenters. The van der Waals surface area contributed by atoms with Gasteiger partial charge in [0.2, 0.25) is 0 Å². The van der Waals surface area contributed by atoms with E-state index in [-0.39, 0.29) is 5.56 Å². The summed E-state index contributed by atoms with van der Waals surface area (Å²) in [6.45, 7) is 6.58. The molecule has 0 aliphatic rings. The maximum atomic E-state index is 12.0. The third-order valence-corrected chi connectivity index (χ3v) is 3.84. The molecule has 2 rings (SSSR count). The molecule has 18 heavy (non-hydrogen) atoms. The molecule has 0 spiro atoms. The molecule has 0 aromatic carbocycles. The molecular weight excluding hydrogens is 226 g/mol. The largest absolute Gasteiger partial charge is 0.297 e. The predicted molar refractivity (Wildman–Crippen MR) is 72.9 cm³/mol. The van der Waals surface area contributed by atoms with Crippen LogP contribution in [0.15, 0.2) is 23.1 Å². The molecule has 0 saturated heterocycles. The highest BCUT2D eigenvalue weighted by molar-refractivity contribution is 5.37. The number of nitrogens with one attached hydrogen (secondary N) is 1. The van der Waals surface area contributed by atoms with E-state index in [0.29, 0.717) is 17.5 Å². The van der Waals surface area contributed by atoms with Gasteiger partial charge in [-0.1, -0.05) is 33.6 Å². The van der Waals surface area contributed by atoms with Crippen molar-refractivity contribution >= 4 is 5.65 Å². The standard InChI is InChI=1S/C14H21N3O/c1-4-10(5-2)11(6-3)12-9-14(18)17-13(16-12)7-8-15-17/h7-11,15H,4-6H2,1-3H3. The van der Waals surface area contributed by atoms with Gasteiger partial charge in [-0.15, -0.1) is 0 Å². The maximum absolute atomic E-state index is 12.0. The number of hydrogen-bond acceptors (Lipinski definition) is 2. The molecule has 0 bridgehead atoms. The first-order valence-corrected chi connectivity index (χ1v) is 6.78. The van der Waals surface area contributed by atoms with Crippen molar-refractivity contribution in [1.82, 2.24) is 14.6 Å². The molecule has 0 aliphatic heterocycles. The molecular formula is C14H21N3O. The van der Waals surface area contributed by atoms with Gasteiger partial charge < -0.3 is 0 Å². The van der Waals surface area contributed by atoms with E-state index < -0.39 is 0 Å². The molecule has 2 heterocycles. The summed E-state index contributed by atoms with van der Waals surface area (Å²) in [6.07, 6.45) is 5.03. The van der Waals surface area contributed by atoms with Crippen LogP contribution in [0, 0.1) is 5.92 Å². The Labute approximate surface area is 107 Å². The fourth-order valence-electron chi connectivity index (χ4n) is 2.78. The first-order chi connectivity index (χ1) is 8.71.